The zero-order valence-electron chi connectivity index (χ0n) is 17.0. The number of guanidine groups is 1. The molecule has 0 radical (unpaired) electrons. The van der Waals surface area contributed by atoms with Gasteiger partial charge in [0.25, 0.3) is 0 Å². The van der Waals surface area contributed by atoms with Crippen LogP contribution in [0.25, 0.3) is 0 Å². The predicted octanol–water partition coefficient (Wildman–Crippen LogP) is 1.82. The minimum Gasteiger partial charge on any atom is -0.373 e. The number of rotatable bonds is 6. The van der Waals surface area contributed by atoms with Crippen LogP contribution in [0.3, 0.4) is 0 Å². The van der Waals surface area contributed by atoms with Crippen molar-refractivity contribution in [1.29, 1.82) is 0 Å². The van der Waals surface area contributed by atoms with Crippen molar-refractivity contribution < 1.29 is 4.74 Å². The summed E-state index contributed by atoms with van der Waals surface area (Å²) >= 11 is 0. The molecular weight excluding hydrogens is 443 g/mol. The second kappa shape index (κ2) is 11.1. The van der Waals surface area contributed by atoms with Gasteiger partial charge in [-0.3, -0.25) is 14.6 Å². The van der Waals surface area contributed by atoms with E-state index in [0.717, 1.165) is 50.8 Å². The molecular formula is C18H35IN6O. The van der Waals surface area contributed by atoms with Crippen LogP contribution in [0.5, 0.6) is 0 Å². The molecule has 1 aliphatic heterocycles. The lowest BCUT2D eigenvalue weighted by Crippen LogP contribution is -2.46. The van der Waals surface area contributed by atoms with Crippen LogP contribution in [0.1, 0.15) is 37.2 Å². The maximum absolute atomic E-state index is 5.78. The van der Waals surface area contributed by atoms with E-state index in [1.54, 1.807) is 0 Å². The Morgan fingerprint density at radius 2 is 1.88 bits per heavy atom. The van der Waals surface area contributed by atoms with E-state index in [0.29, 0.717) is 12.2 Å². The molecule has 2 unspecified atom stereocenters. The number of halogens is 1. The molecule has 1 aromatic rings. The third-order valence-electron chi connectivity index (χ3n) is 4.75. The van der Waals surface area contributed by atoms with Crippen molar-refractivity contribution in [2.75, 3.05) is 33.2 Å². The van der Waals surface area contributed by atoms with Gasteiger partial charge in [0.2, 0.25) is 0 Å². The van der Waals surface area contributed by atoms with Gasteiger partial charge in [-0.25, -0.2) is 0 Å². The lowest BCUT2D eigenvalue weighted by Gasteiger charge is -2.35. The van der Waals surface area contributed by atoms with Gasteiger partial charge in [0.05, 0.1) is 17.9 Å². The van der Waals surface area contributed by atoms with Gasteiger partial charge in [0, 0.05) is 58.1 Å². The third-order valence-corrected chi connectivity index (χ3v) is 4.75. The molecule has 1 aliphatic rings. The standard InChI is InChI=1S/C18H34N6O.HI/c1-13-11-24(12-14(2)25-13)9-7-8-20-18(19-5)21-10-17-15(3)22-23(6)16(17)4;/h13-14H,7-12H2,1-6H3,(H2,19,20,21);1H. The first-order chi connectivity index (χ1) is 11.9. The number of ether oxygens (including phenoxy) is 1. The number of nitrogens with zero attached hydrogens (tertiary/aromatic N) is 4. The van der Waals surface area contributed by atoms with Crippen molar-refractivity contribution in [3.8, 4) is 0 Å². The van der Waals surface area contributed by atoms with Crippen molar-refractivity contribution in [3.05, 3.63) is 17.0 Å². The van der Waals surface area contributed by atoms with Crippen molar-refractivity contribution in [3.63, 3.8) is 0 Å². The monoisotopic (exact) mass is 478 g/mol. The first kappa shape index (κ1) is 23.2. The van der Waals surface area contributed by atoms with Crippen LogP contribution in [0.4, 0.5) is 0 Å². The number of nitrogens with one attached hydrogen (secondary N) is 2. The van der Waals surface area contributed by atoms with Crippen LogP contribution in [-0.2, 0) is 18.3 Å². The van der Waals surface area contributed by atoms with E-state index in [1.807, 2.05) is 25.7 Å². The molecule has 7 nitrogen and oxygen atoms in total. The van der Waals surface area contributed by atoms with E-state index in [2.05, 4.69) is 46.4 Å². The number of hydrogen-bond donors (Lipinski definition) is 2. The molecule has 1 saturated heterocycles. The average Bonchev–Trinajstić information content (AvgIpc) is 2.79. The first-order valence-corrected chi connectivity index (χ1v) is 9.22. The number of hydrogen-bond acceptors (Lipinski definition) is 4. The van der Waals surface area contributed by atoms with E-state index in [1.165, 1.54) is 11.3 Å². The molecule has 0 spiro atoms. The Morgan fingerprint density at radius 1 is 1.23 bits per heavy atom. The molecule has 2 heterocycles. The molecule has 2 atom stereocenters. The minimum absolute atomic E-state index is 0. The number of aryl methyl sites for hydroxylation is 2. The Balaban J connectivity index is 0.00000338. The SMILES string of the molecule is CN=C(NCCCN1CC(C)OC(C)C1)NCc1c(C)nn(C)c1C.I. The van der Waals surface area contributed by atoms with Crippen LogP contribution < -0.4 is 10.6 Å². The number of morpholine rings is 1. The molecule has 150 valence electrons. The van der Waals surface area contributed by atoms with Gasteiger partial charge < -0.3 is 15.4 Å². The van der Waals surface area contributed by atoms with Gasteiger partial charge in [-0.15, -0.1) is 24.0 Å². The van der Waals surface area contributed by atoms with E-state index >= 15 is 0 Å². The van der Waals surface area contributed by atoms with E-state index in [-0.39, 0.29) is 24.0 Å². The number of aromatic nitrogens is 2. The summed E-state index contributed by atoms with van der Waals surface area (Å²) in [4.78, 5) is 6.80. The van der Waals surface area contributed by atoms with Crippen molar-refractivity contribution >= 4 is 29.9 Å². The summed E-state index contributed by atoms with van der Waals surface area (Å²) in [6.45, 7) is 13.2. The van der Waals surface area contributed by atoms with Crippen LogP contribution >= 0.6 is 24.0 Å². The van der Waals surface area contributed by atoms with Crippen molar-refractivity contribution in [2.24, 2.45) is 12.0 Å². The summed E-state index contributed by atoms with van der Waals surface area (Å²) in [6.07, 6.45) is 1.75. The summed E-state index contributed by atoms with van der Waals surface area (Å²) in [5.41, 5.74) is 3.50. The zero-order chi connectivity index (χ0) is 18.4. The second-order valence-electron chi connectivity index (χ2n) is 7.00. The van der Waals surface area contributed by atoms with E-state index < -0.39 is 0 Å². The molecule has 1 fully saturated rings. The predicted molar refractivity (Wildman–Crippen MR) is 117 cm³/mol. The molecule has 0 aromatic carbocycles. The summed E-state index contributed by atoms with van der Waals surface area (Å²) in [7, 11) is 3.79. The van der Waals surface area contributed by atoms with Crippen molar-refractivity contribution in [2.45, 2.75) is 52.9 Å². The highest BCUT2D eigenvalue weighted by molar-refractivity contribution is 14.0. The highest BCUT2D eigenvalue weighted by Gasteiger charge is 2.21. The van der Waals surface area contributed by atoms with Gasteiger partial charge in [0.1, 0.15) is 0 Å². The highest BCUT2D eigenvalue weighted by Crippen LogP contribution is 2.11. The molecule has 8 heteroatoms. The summed E-state index contributed by atoms with van der Waals surface area (Å²) in [6, 6.07) is 0. The molecule has 1 aromatic heterocycles. The Labute approximate surface area is 175 Å². The Hall–Kier alpha value is -0.870. The topological polar surface area (TPSA) is 66.7 Å². The minimum atomic E-state index is 0. The average molecular weight is 478 g/mol. The molecule has 0 aliphatic carbocycles. The maximum Gasteiger partial charge on any atom is 0.191 e. The summed E-state index contributed by atoms with van der Waals surface area (Å²) < 4.78 is 7.70. The maximum atomic E-state index is 5.78. The van der Waals surface area contributed by atoms with Crippen LogP contribution in [0.2, 0.25) is 0 Å². The Morgan fingerprint density at radius 3 is 2.42 bits per heavy atom. The van der Waals surface area contributed by atoms with Crippen LogP contribution in [-0.4, -0.2) is 66.1 Å². The molecule has 26 heavy (non-hydrogen) atoms. The van der Waals surface area contributed by atoms with Gasteiger partial charge in [-0.2, -0.15) is 5.10 Å². The van der Waals surface area contributed by atoms with E-state index in [9.17, 15) is 0 Å². The van der Waals surface area contributed by atoms with Gasteiger partial charge in [-0.05, 0) is 34.1 Å². The normalized spacial score (nSPS) is 21.4. The number of aliphatic imine (C=N–C) groups is 1. The smallest absolute Gasteiger partial charge is 0.191 e. The lowest BCUT2D eigenvalue weighted by molar-refractivity contribution is -0.0679. The molecule has 0 amide bonds. The third kappa shape index (κ3) is 6.70. The molecule has 0 saturated carbocycles. The molecule has 2 N–H and O–H groups in total. The Bertz CT molecular complexity index is 578. The van der Waals surface area contributed by atoms with Crippen LogP contribution in [0.15, 0.2) is 4.99 Å². The van der Waals surface area contributed by atoms with Crippen molar-refractivity contribution in [1.82, 2.24) is 25.3 Å². The summed E-state index contributed by atoms with van der Waals surface area (Å²) in [5.74, 6) is 0.839. The molecule has 2 rings (SSSR count). The van der Waals surface area contributed by atoms with Crippen LogP contribution in [0, 0.1) is 13.8 Å². The fourth-order valence-electron chi connectivity index (χ4n) is 3.44. The van der Waals surface area contributed by atoms with Gasteiger partial charge in [-0.1, -0.05) is 0 Å². The van der Waals surface area contributed by atoms with E-state index in [4.69, 9.17) is 4.74 Å². The lowest BCUT2D eigenvalue weighted by atomic mass is 10.2. The fraction of sp³-hybridized carbons (Fsp3) is 0.778. The zero-order valence-corrected chi connectivity index (χ0v) is 19.3. The summed E-state index contributed by atoms with van der Waals surface area (Å²) in [5, 5.41) is 11.2. The first-order valence-electron chi connectivity index (χ1n) is 9.22. The second-order valence-corrected chi connectivity index (χ2v) is 7.00. The van der Waals surface area contributed by atoms with Gasteiger partial charge >= 0.3 is 0 Å². The van der Waals surface area contributed by atoms with Gasteiger partial charge in [0.15, 0.2) is 5.96 Å². The quantitative estimate of drug-likeness (QED) is 0.283. The fourth-order valence-corrected chi connectivity index (χ4v) is 3.44. The highest BCUT2D eigenvalue weighted by atomic mass is 127. The molecule has 0 bridgehead atoms. The Kier molecular flexibility index (Phi) is 9.88. The largest absolute Gasteiger partial charge is 0.373 e.